The van der Waals surface area contributed by atoms with Crippen molar-refractivity contribution in [2.75, 3.05) is 25.3 Å². The van der Waals surface area contributed by atoms with Crippen molar-refractivity contribution in [1.82, 2.24) is 14.8 Å². The van der Waals surface area contributed by atoms with Crippen molar-refractivity contribution in [1.29, 1.82) is 0 Å². The minimum Gasteiger partial charge on any atom is -0.484 e. The minimum atomic E-state index is -0.669. The number of hydrogen-bond acceptors (Lipinski definition) is 10. The fourth-order valence-electron chi connectivity index (χ4n) is 3.11. The summed E-state index contributed by atoms with van der Waals surface area (Å²) < 4.78 is 17.1. The lowest BCUT2D eigenvalue weighted by Crippen LogP contribution is -2.16. The standard InChI is InChI=1S/C22H22Cl2N4O6S2/c1-5-28-15(9-34-14-7-6-12(23)8-13(14)24)26-27-22(28)35-10-16(29)25-19-17(20(30)32-3)11(2)18(36-19)21(31)33-4/h6-8H,5,9-10H2,1-4H3,(H,25,29). The third kappa shape index (κ3) is 6.30. The van der Waals surface area contributed by atoms with Gasteiger partial charge in [-0.25, -0.2) is 9.59 Å². The van der Waals surface area contributed by atoms with Gasteiger partial charge in [-0.05, 0) is 37.6 Å². The Bertz CT molecular complexity index is 1290. The molecule has 0 saturated carbocycles. The number of carbonyl (C=O) groups is 3. The van der Waals surface area contributed by atoms with E-state index < -0.39 is 17.8 Å². The highest BCUT2D eigenvalue weighted by atomic mass is 35.5. The normalized spacial score (nSPS) is 10.7. The summed E-state index contributed by atoms with van der Waals surface area (Å²) >= 11 is 14.2. The van der Waals surface area contributed by atoms with Crippen LogP contribution in [0, 0.1) is 6.92 Å². The van der Waals surface area contributed by atoms with Gasteiger partial charge in [-0.15, -0.1) is 21.5 Å². The van der Waals surface area contributed by atoms with Crippen LogP contribution in [-0.2, 0) is 27.4 Å². The zero-order valence-electron chi connectivity index (χ0n) is 19.7. The van der Waals surface area contributed by atoms with E-state index in [4.69, 9.17) is 37.4 Å². The molecule has 0 spiro atoms. The van der Waals surface area contributed by atoms with Gasteiger partial charge in [0.1, 0.15) is 22.2 Å². The molecule has 0 saturated heterocycles. The second-order valence-corrected chi connectivity index (χ2v) is 9.89. The van der Waals surface area contributed by atoms with Gasteiger partial charge in [0.25, 0.3) is 0 Å². The Morgan fingerprint density at radius 3 is 2.50 bits per heavy atom. The molecule has 10 nitrogen and oxygen atoms in total. The number of benzene rings is 1. The minimum absolute atomic E-state index is 0.0207. The van der Waals surface area contributed by atoms with E-state index in [0.29, 0.717) is 38.9 Å². The Balaban J connectivity index is 1.68. The Hall–Kier alpha value is -2.80. The fraction of sp³-hybridized carbons (Fsp3) is 0.318. The van der Waals surface area contributed by atoms with Crippen molar-refractivity contribution in [3.05, 3.63) is 50.1 Å². The molecule has 0 fully saturated rings. The molecule has 0 aliphatic carbocycles. The number of nitrogens with zero attached hydrogens (tertiary/aromatic N) is 3. The number of thioether (sulfide) groups is 1. The highest BCUT2D eigenvalue weighted by Crippen LogP contribution is 2.34. The third-order valence-corrected chi connectivity index (χ3v) is 7.54. The summed E-state index contributed by atoms with van der Waals surface area (Å²) in [6, 6.07) is 4.91. The van der Waals surface area contributed by atoms with E-state index in [2.05, 4.69) is 15.5 Å². The maximum Gasteiger partial charge on any atom is 0.348 e. The van der Waals surface area contributed by atoms with Gasteiger partial charge in [0.15, 0.2) is 11.0 Å². The molecule has 2 aromatic heterocycles. The van der Waals surface area contributed by atoms with Crippen molar-refractivity contribution < 1.29 is 28.6 Å². The number of nitrogens with one attached hydrogen (secondary N) is 1. The highest BCUT2D eigenvalue weighted by molar-refractivity contribution is 7.99. The lowest BCUT2D eigenvalue weighted by atomic mass is 10.1. The number of esters is 2. The van der Waals surface area contributed by atoms with E-state index in [0.717, 1.165) is 23.1 Å². The van der Waals surface area contributed by atoms with Gasteiger partial charge < -0.3 is 24.1 Å². The maximum atomic E-state index is 12.7. The van der Waals surface area contributed by atoms with Gasteiger partial charge in [-0.3, -0.25) is 4.79 Å². The van der Waals surface area contributed by atoms with Crippen LogP contribution >= 0.6 is 46.3 Å². The predicted molar refractivity (Wildman–Crippen MR) is 138 cm³/mol. The molecule has 0 aliphatic heterocycles. The predicted octanol–water partition coefficient (Wildman–Crippen LogP) is 4.86. The van der Waals surface area contributed by atoms with Crippen molar-refractivity contribution in [3.63, 3.8) is 0 Å². The molecule has 2 heterocycles. The van der Waals surface area contributed by atoms with Crippen molar-refractivity contribution in [2.45, 2.75) is 32.2 Å². The SMILES string of the molecule is CCn1c(COc2ccc(Cl)cc2Cl)nnc1SCC(=O)Nc1sc(C(=O)OC)c(C)c1C(=O)OC. The Labute approximate surface area is 225 Å². The van der Waals surface area contributed by atoms with Crippen LogP contribution in [0.5, 0.6) is 5.75 Å². The molecule has 0 aliphatic rings. The Morgan fingerprint density at radius 2 is 1.86 bits per heavy atom. The lowest BCUT2D eigenvalue weighted by Gasteiger charge is -2.10. The molecule has 192 valence electrons. The summed E-state index contributed by atoms with van der Waals surface area (Å²) in [7, 11) is 2.46. The molecule has 36 heavy (non-hydrogen) atoms. The van der Waals surface area contributed by atoms with Gasteiger partial charge in [0, 0.05) is 11.6 Å². The third-order valence-electron chi connectivity index (χ3n) is 4.85. The fourth-order valence-corrected chi connectivity index (χ4v) is 5.53. The number of carbonyl (C=O) groups excluding carboxylic acids is 3. The maximum absolute atomic E-state index is 12.7. The molecule has 0 atom stereocenters. The smallest absolute Gasteiger partial charge is 0.348 e. The van der Waals surface area contributed by atoms with Crippen LogP contribution in [0.15, 0.2) is 23.4 Å². The number of methoxy groups -OCH3 is 2. The molecule has 1 amide bonds. The summed E-state index contributed by atoms with van der Waals surface area (Å²) in [5.74, 6) is -0.691. The molecule has 3 aromatic rings. The molecule has 1 aromatic carbocycles. The monoisotopic (exact) mass is 572 g/mol. The number of hydrogen-bond donors (Lipinski definition) is 1. The van der Waals surface area contributed by atoms with Crippen LogP contribution in [0.2, 0.25) is 10.0 Å². The molecule has 0 bridgehead atoms. The zero-order valence-corrected chi connectivity index (χ0v) is 22.9. The molecule has 1 N–H and O–H groups in total. The summed E-state index contributed by atoms with van der Waals surface area (Å²) in [4.78, 5) is 37.2. The van der Waals surface area contributed by atoms with E-state index in [-0.39, 0.29) is 27.8 Å². The summed E-state index contributed by atoms with van der Waals surface area (Å²) in [5.41, 5.74) is 0.482. The Morgan fingerprint density at radius 1 is 1.14 bits per heavy atom. The molecule has 14 heteroatoms. The molecule has 3 rings (SSSR count). The van der Waals surface area contributed by atoms with E-state index in [9.17, 15) is 14.4 Å². The first kappa shape index (κ1) is 27.8. The number of aromatic nitrogens is 3. The van der Waals surface area contributed by atoms with Crippen LogP contribution < -0.4 is 10.1 Å². The van der Waals surface area contributed by atoms with Crippen molar-refractivity contribution in [2.24, 2.45) is 0 Å². The first-order chi connectivity index (χ1) is 17.2. The average Bonchev–Trinajstić information content (AvgIpc) is 3.40. The summed E-state index contributed by atoms with van der Waals surface area (Å²) in [6.45, 7) is 4.16. The largest absolute Gasteiger partial charge is 0.484 e. The van der Waals surface area contributed by atoms with E-state index in [1.165, 1.54) is 14.2 Å². The molecule has 0 radical (unpaired) electrons. The topological polar surface area (TPSA) is 122 Å². The summed E-state index contributed by atoms with van der Waals surface area (Å²) in [6.07, 6.45) is 0. The van der Waals surface area contributed by atoms with Gasteiger partial charge in [0.2, 0.25) is 5.91 Å². The van der Waals surface area contributed by atoms with E-state index >= 15 is 0 Å². The zero-order chi connectivity index (χ0) is 26.4. The number of thiophene rings is 1. The molecular formula is C22H22Cl2N4O6S2. The van der Waals surface area contributed by atoms with Crippen molar-refractivity contribution in [3.8, 4) is 5.75 Å². The first-order valence-electron chi connectivity index (χ1n) is 10.4. The average molecular weight is 573 g/mol. The van der Waals surface area contributed by atoms with Gasteiger partial charge >= 0.3 is 11.9 Å². The van der Waals surface area contributed by atoms with Gasteiger partial charge in [-0.2, -0.15) is 0 Å². The number of ether oxygens (including phenoxy) is 3. The molecule has 0 unspecified atom stereocenters. The van der Waals surface area contributed by atoms with Crippen LogP contribution in [0.25, 0.3) is 0 Å². The number of amides is 1. The lowest BCUT2D eigenvalue weighted by molar-refractivity contribution is -0.113. The highest BCUT2D eigenvalue weighted by Gasteiger charge is 2.27. The number of anilines is 1. The first-order valence-corrected chi connectivity index (χ1v) is 13.0. The van der Waals surface area contributed by atoms with Crippen LogP contribution in [-0.4, -0.2) is 52.6 Å². The Kier molecular flexibility index (Phi) is 9.60. The number of halogens is 2. The summed E-state index contributed by atoms with van der Waals surface area (Å²) in [5, 5.41) is 12.6. The van der Waals surface area contributed by atoms with Gasteiger partial charge in [-0.1, -0.05) is 35.0 Å². The number of rotatable bonds is 10. The van der Waals surface area contributed by atoms with E-state index in [1.54, 1.807) is 25.1 Å². The second-order valence-electron chi connectivity index (χ2n) is 7.09. The quantitative estimate of drug-likeness (QED) is 0.268. The van der Waals surface area contributed by atoms with Crippen LogP contribution in [0.4, 0.5) is 5.00 Å². The molecular weight excluding hydrogens is 551 g/mol. The van der Waals surface area contributed by atoms with E-state index in [1.807, 2.05) is 11.5 Å². The van der Waals surface area contributed by atoms with Gasteiger partial charge in [0.05, 0.1) is 30.6 Å². The van der Waals surface area contributed by atoms with Crippen molar-refractivity contribution >= 4 is 69.1 Å². The van der Waals surface area contributed by atoms with Crippen LogP contribution in [0.3, 0.4) is 0 Å². The van der Waals surface area contributed by atoms with Crippen LogP contribution in [0.1, 0.15) is 38.3 Å². The second kappa shape index (κ2) is 12.4.